The van der Waals surface area contributed by atoms with Crippen molar-refractivity contribution < 1.29 is 0 Å². The summed E-state index contributed by atoms with van der Waals surface area (Å²) in [7, 11) is 1.89. The molecule has 1 aromatic rings. The van der Waals surface area contributed by atoms with E-state index in [9.17, 15) is 0 Å². The largest absolute Gasteiger partial charge is 0.388 e. The van der Waals surface area contributed by atoms with Crippen LogP contribution in [-0.2, 0) is 5.41 Å². The molecule has 0 aliphatic heterocycles. The number of aliphatic imine (C=N–C) groups is 2. The maximum Gasteiger partial charge on any atom is 0.0975 e. The van der Waals surface area contributed by atoms with Gasteiger partial charge in [0.15, 0.2) is 0 Å². The van der Waals surface area contributed by atoms with Gasteiger partial charge in [-0.1, -0.05) is 88.9 Å². The van der Waals surface area contributed by atoms with Crippen LogP contribution in [0.5, 0.6) is 0 Å². The van der Waals surface area contributed by atoms with Crippen molar-refractivity contribution in [3.05, 3.63) is 100 Å². The highest BCUT2D eigenvalue weighted by atomic mass is 15.0. The lowest BCUT2D eigenvalue weighted by Gasteiger charge is -2.19. The fourth-order valence-corrected chi connectivity index (χ4v) is 5.02. The maximum atomic E-state index is 4.64. The highest BCUT2D eigenvalue weighted by Crippen LogP contribution is 2.25. The Morgan fingerprint density at radius 3 is 2.13 bits per heavy atom. The van der Waals surface area contributed by atoms with Crippen LogP contribution < -0.4 is 16.0 Å². The second-order valence-corrected chi connectivity index (χ2v) is 12.7. The predicted molar refractivity (Wildman–Crippen MR) is 202 cm³/mol. The van der Waals surface area contributed by atoms with Crippen molar-refractivity contribution in [2.75, 3.05) is 26.7 Å². The van der Waals surface area contributed by atoms with E-state index < -0.39 is 0 Å². The van der Waals surface area contributed by atoms with E-state index in [1.54, 1.807) is 11.1 Å². The number of nitrogens with one attached hydrogen (secondary N) is 3. The number of hydrogen-bond acceptors (Lipinski definition) is 4. The predicted octanol–water partition coefficient (Wildman–Crippen LogP) is 9.83. The van der Waals surface area contributed by atoms with E-state index in [4.69, 9.17) is 0 Å². The molecule has 0 aromatic heterocycles. The minimum Gasteiger partial charge on any atom is -0.388 e. The summed E-state index contributed by atoms with van der Waals surface area (Å²) in [5.74, 6) is 0.921. The van der Waals surface area contributed by atoms with Crippen molar-refractivity contribution in [2.24, 2.45) is 9.98 Å². The molecule has 0 radical (unpaired) electrons. The summed E-state index contributed by atoms with van der Waals surface area (Å²) in [5.41, 5.74) is 11.2. The van der Waals surface area contributed by atoms with E-state index in [0.29, 0.717) is 0 Å². The lowest BCUT2D eigenvalue weighted by Crippen LogP contribution is -2.20. The van der Waals surface area contributed by atoms with Gasteiger partial charge < -0.3 is 16.0 Å². The molecule has 1 aliphatic carbocycles. The van der Waals surface area contributed by atoms with Crippen LogP contribution in [-0.4, -0.2) is 38.7 Å². The molecule has 0 saturated carbocycles. The van der Waals surface area contributed by atoms with Crippen LogP contribution in [0, 0.1) is 0 Å². The Kier molecular flexibility index (Phi) is 18.8. The van der Waals surface area contributed by atoms with Crippen LogP contribution >= 0.6 is 0 Å². The standard InChI is InChI=1S/C27H41N3.C13H22N2/c1-7-23-11-8-9-12-25(23)17-20-28-18-10-19-29-22(3)30-21(2)24-13-15-26(16-14-24)27(4,5)6;1-7-12(15-8-2)9-13(10(3)4)11(5)14-6/h11-16,28H,2,7-10,17-20H2,1,3-6H3,(H,29,30);7-8,14H,5,9H2,1-4,6H3/b;12-7-,15-8?. The third-order valence-corrected chi connectivity index (χ3v) is 7.86. The van der Waals surface area contributed by atoms with Crippen LogP contribution in [0.3, 0.4) is 0 Å². The van der Waals surface area contributed by atoms with Gasteiger partial charge in [0.25, 0.3) is 0 Å². The number of hydrogen-bond donors (Lipinski definition) is 3. The fraction of sp³-hybridized carbons (Fsp3) is 0.500. The summed E-state index contributed by atoms with van der Waals surface area (Å²) in [5, 5.41) is 9.98. The summed E-state index contributed by atoms with van der Waals surface area (Å²) < 4.78 is 0. The first-order chi connectivity index (χ1) is 21.4. The number of benzene rings is 1. The summed E-state index contributed by atoms with van der Waals surface area (Å²) in [6.45, 7) is 30.1. The first-order valence-corrected chi connectivity index (χ1v) is 16.7. The highest BCUT2D eigenvalue weighted by molar-refractivity contribution is 5.88. The summed E-state index contributed by atoms with van der Waals surface area (Å²) in [6, 6.07) is 8.63. The Labute approximate surface area is 276 Å². The van der Waals surface area contributed by atoms with Crippen molar-refractivity contribution in [3.63, 3.8) is 0 Å². The Balaban J connectivity index is 0.000000570. The molecular formula is C40H63N5. The second kappa shape index (κ2) is 21.3. The number of allylic oxidation sites excluding steroid dienone is 7. The first-order valence-electron chi connectivity index (χ1n) is 16.7. The van der Waals surface area contributed by atoms with E-state index in [1.807, 2.05) is 40.1 Å². The highest BCUT2D eigenvalue weighted by Gasteiger charge is 2.13. The van der Waals surface area contributed by atoms with Gasteiger partial charge in [0.1, 0.15) is 0 Å². The van der Waals surface area contributed by atoms with Crippen LogP contribution in [0.25, 0.3) is 5.70 Å². The topological polar surface area (TPSA) is 60.8 Å². The number of amidine groups is 1. The summed E-state index contributed by atoms with van der Waals surface area (Å²) in [4.78, 5) is 8.96. The third kappa shape index (κ3) is 15.4. The van der Waals surface area contributed by atoms with Gasteiger partial charge in [-0.15, -0.1) is 0 Å². The van der Waals surface area contributed by atoms with Gasteiger partial charge in [0, 0.05) is 43.3 Å². The van der Waals surface area contributed by atoms with Gasteiger partial charge in [-0.25, -0.2) is 0 Å². The van der Waals surface area contributed by atoms with E-state index in [-0.39, 0.29) is 5.41 Å². The molecule has 5 heteroatoms. The molecule has 248 valence electrons. The quantitative estimate of drug-likeness (QED) is 0.0799. The zero-order valence-electron chi connectivity index (χ0n) is 30.3. The molecule has 2 rings (SSSR count). The Bertz CT molecular complexity index is 1260. The van der Waals surface area contributed by atoms with Gasteiger partial charge in [-0.05, 0) is 113 Å². The van der Waals surface area contributed by atoms with E-state index >= 15 is 0 Å². The molecule has 1 aliphatic rings. The molecule has 0 unspecified atom stereocenters. The van der Waals surface area contributed by atoms with E-state index in [2.05, 4.69) is 117 Å². The first kappa shape index (κ1) is 39.6. The molecule has 0 atom stereocenters. The average molecular weight is 614 g/mol. The summed E-state index contributed by atoms with van der Waals surface area (Å²) in [6.07, 6.45) is 15.3. The van der Waals surface area contributed by atoms with Crippen molar-refractivity contribution >= 4 is 17.7 Å². The number of nitrogens with zero attached hydrogens (tertiary/aromatic N) is 2. The van der Waals surface area contributed by atoms with Crippen molar-refractivity contribution in [1.29, 1.82) is 0 Å². The average Bonchev–Trinajstić information content (AvgIpc) is 3.02. The van der Waals surface area contributed by atoms with Crippen LogP contribution in [0.4, 0.5) is 0 Å². The molecule has 5 nitrogen and oxygen atoms in total. The van der Waals surface area contributed by atoms with E-state index in [1.165, 1.54) is 29.6 Å². The Morgan fingerprint density at radius 1 is 0.956 bits per heavy atom. The molecule has 1 aromatic carbocycles. The lowest BCUT2D eigenvalue weighted by molar-refractivity contribution is 0.590. The molecule has 0 saturated heterocycles. The number of likely N-dealkylation sites (N-methyl/N-ethyl adjacent to an activating group) is 1. The lowest BCUT2D eigenvalue weighted by atomic mass is 9.86. The molecular weight excluding hydrogens is 550 g/mol. The monoisotopic (exact) mass is 614 g/mol. The Hall–Kier alpha value is -3.44. The molecule has 0 heterocycles. The van der Waals surface area contributed by atoms with Crippen LogP contribution in [0.2, 0.25) is 0 Å². The van der Waals surface area contributed by atoms with Gasteiger partial charge >= 0.3 is 0 Å². The van der Waals surface area contributed by atoms with Crippen molar-refractivity contribution in [2.45, 2.75) is 106 Å². The minimum absolute atomic E-state index is 0.168. The summed E-state index contributed by atoms with van der Waals surface area (Å²) >= 11 is 0. The molecule has 0 fully saturated rings. The fourth-order valence-electron chi connectivity index (χ4n) is 5.02. The molecule has 45 heavy (non-hydrogen) atoms. The normalized spacial score (nSPS) is 13.8. The molecule has 3 N–H and O–H groups in total. The van der Waals surface area contributed by atoms with Crippen LogP contribution in [0.1, 0.15) is 112 Å². The molecule has 0 bridgehead atoms. The molecule has 0 amide bonds. The van der Waals surface area contributed by atoms with Gasteiger partial charge in [0.2, 0.25) is 0 Å². The van der Waals surface area contributed by atoms with Gasteiger partial charge in [-0.3, -0.25) is 9.98 Å². The zero-order chi connectivity index (χ0) is 33.8. The molecule has 0 spiro atoms. The zero-order valence-corrected chi connectivity index (χ0v) is 30.3. The number of rotatable bonds is 15. The smallest absolute Gasteiger partial charge is 0.0975 e. The van der Waals surface area contributed by atoms with Crippen molar-refractivity contribution in [1.82, 2.24) is 16.0 Å². The Morgan fingerprint density at radius 2 is 1.60 bits per heavy atom. The van der Waals surface area contributed by atoms with Gasteiger partial charge in [-0.2, -0.15) is 0 Å². The third-order valence-electron chi connectivity index (χ3n) is 7.86. The minimum atomic E-state index is 0.168. The second-order valence-electron chi connectivity index (χ2n) is 12.7. The SMILES string of the molecule is C=C(NC(C)=NCCCNCCC1=CCCC=C1CC)c1ccc(C(C)(C)C)cc1.C=C(NC)C(C/C(=C/C)N=CC)=C(C)C. The van der Waals surface area contributed by atoms with Crippen LogP contribution in [0.15, 0.2) is 99.3 Å². The maximum absolute atomic E-state index is 4.64. The van der Waals surface area contributed by atoms with Gasteiger partial charge in [0.05, 0.1) is 5.84 Å². The van der Waals surface area contributed by atoms with Crippen molar-refractivity contribution in [3.8, 4) is 0 Å². The van der Waals surface area contributed by atoms with E-state index in [0.717, 1.165) is 73.8 Å².